The Kier molecular flexibility index (Phi) is 5.59. The SMILES string of the molecule is NC(CSc1ccccc1)Cc1cc(Cl)ccc1Cl. The van der Waals surface area contributed by atoms with Crippen LogP contribution in [0.15, 0.2) is 53.4 Å². The van der Waals surface area contributed by atoms with Crippen molar-refractivity contribution in [2.45, 2.75) is 17.4 Å². The molecule has 0 saturated heterocycles. The maximum Gasteiger partial charge on any atom is 0.0439 e. The van der Waals surface area contributed by atoms with Gasteiger partial charge in [0.05, 0.1) is 0 Å². The van der Waals surface area contributed by atoms with Crippen molar-refractivity contribution >= 4 is 35.0 Å². The predicted molar refractivity (Wildman–Crippen MR) is 85.3 cm³/mol. The van der Waals surface area contributed by atoms with Crippen molar-refractivity contribution in [1.29, 1.82) is 0 Å². The summed E-state index contributed by atoms with van der Waals surface area (Å²) >= 11 is 13.9. The van der Waals surface area contributed by atoms with Crippen LogP contribution in [0.3, 0.4) is 0 Å². The van der Waals surface area contributed by atoms with Gasteiger partial charge in [0.2, 0.25) is 0 Å². The average Bonchev–Trinajstić information content (AvgIpc) is 2.42. The molecule has 0 amide bonds. The van der Waals surface area contributed by atoms with Crippen LogP contribution in [0, 0.1) is 0 Å². The van der Waals surface area contributed by atoms with Gasteiger partial charge in [0.25, 0.3) is 0 Å². The maximum atomic E-state index is 6.15. The molecule has 2 N–H and O–H groups in total. The zero-order valence-electron chi connectivity index (χ0n) is 10.4. The first kappa shape index (κ1) is 14.7. The quantitative estimate of drug-likeness (QED) is 0.813. The molecule has 4 heteroatoms. The molecule has 1 unspecified atom stereocenters. The first-order chi connectivity index (χ1) is 9.15. The molecule has 0 heterocycles. The fourth-order valence-corrected chi connectivity index (χ4v) is 3.02. The van der Waals surface area contributed by atoms with E-state index in [1.165, 1.54) is 4.90 Å². The maximum absolute atomic E-state index is 6.15. The topological polar surface area (TPSA) is 26.0 Å². The Morgan fingerprint density at radius 1 is 1.05 bits per heavy atom. The Morgan fingerprint density at radius 2 is 1.79 bits per heavy atom. The van der Waals surface area contributed by atoms with E-state index in [1.54, 1.807) is 17.8 Å². The largest absolute Gasteiger partial charge is 0.327 e. The number of rotatable bonds is 5. The summed E-state index contributed by atoms with van der Waals surface area (Å²) in [6, 6.07) is 15.8. The van der Waals surface area contributed by atoms with Gasteiger partial charge in [0.1, 0.15) is 0 Å². The van der Waals surface area contributed by atoms with Crippen LogP contribution < -0.4 is 5.73 Å². The van der Waals surface area contributed by atoms with E-state index < -0.39 is 0 Å². The predicted octanol–water partition coefficient (Wildman–Crippen LogP) is 4.66. The zero-order valence-corrected chi connectivity index (χ0v) is 12.7. The fourth-order valence-electron chi connectivity index (χ4n) is 1.76. The first-order valence-corrected chi connectivity index (χ1v) is 7.76. The number of thioether (sulfide) groups is 1. The van der Waals surface area contributed by atoms with Crippen molar-refractivity contribution in [2.24, 2.45) is 5.73 Å². The molecule has 0 saturated carbocycles. The van der Waals surface area contributed by atoms with Crippen LogP contribution in [0.4, 0.5) is 0 Å². The van der Waals surface area contributed by atoms with Gasteiger partial charge < -0.3 is 5.73 Å². The standard InChI is InChI=1S/C15H15Cl2NS/c16-12-6-7-15(17)11(8-12)9-13(18)10-19-14-4-2-1-3-5-14/h1-8,13H,9-10,18H2. The highest BCUT2D eigenvalue weighted by Crippen LogP contribution is 2.23. The van der Waals surface area contributed by atoms with Gasteiger partial charge in [0, 0.05) is 26.7 Å². The Bertz CT molecular complexity index is 531. The summed E-state index contributed by atoms with van der Waals surface area (Å²) in [5.41, 5.74) is 7.16. The minimum absolute atomic E-state index is 0.0566. The second-order valence-corrected chi connectivity index (χ2v) is 6.26. The lowest BCUT2D eigenvalue weighted by Crippen LogP contribution is -2.25. The summed E-state index contributed by atoms with van der Waals surface area (Å²) in [5.74, 6) is 0.854. The van der Waals surface area contributed by atoms with Crippen molar-refractivity contribution in [3.05, 3.63) is 64.1 Å². The molecule has 0 bridgehead atoms. The third-order valence-electron chi connectivity index (χ3n) is 2.70. The lowest BCUT2D eigenvalue weighted by molar-refractivity contribution is 0.749. The molecule has 2 aromatic carbocycles. The summed E-state index contributed by atoms with van der Waals surface area (Å²) in [5, 5.41) is 1.42. The number of hydrogen-bond donors (Lipinski definition) is 1. The van der Waals surface area contributed by atoms with Crippen LogP contribution in [-0.4, -0.2) is 11.8 Å². The molecule has 100 valence electrons. The molecule has 1 atom stereocenters. The summed E-state index contributed by atoms with van der Waals surface area (Å²) in [6.45, 7) is 0. The smallest absolute Gasteiger partial charge is 0.0439 e. The molecule has 2 rings (SSSR count). The lowest BCUT2D eigenvalue weighted by Gasteiger charge is -2.12. The van der Waals surface area contributed by atoms with Gasteiger partial charge in [-0.2, -0.15) is 0 Å². The van der Waals surface area contributed by atoms with Gasteiger partial charge in [-0.05, 0) is 42.3 Å². The van der Waals surface area contributed by atoms with Gasteiger partial charge in [-0.25, -0.2) is 0 Å². The molecular weight excluding hydrogens is 297 g/mol. The molecule has 0 radical (unpaired) electrons. The molecule has 2 aromatic rings. The highest BCUT2D eigenvalue weighted by Gasteiger charge is 2.08. The fraction of sp³-hybridized carbons (Fsp3) is 0.200. The van der Waals surface area contributed by atoms with E-state index in [1.807, 2.05) is 30.3 Å². The zero-order chi connectivity index (χ0) is 13.7. The second kappa shape index (κ2) is 7.20. The number of nitrogens with two attached hydrogens (primary N) is 1. The van der Waals surface area contributed by atoms with Crippen LogP contribution >= 0.6 is 35.0 Å². The van der Waals surface area contributed by atoms with E-state index in [0.29, 0.717) is 5.02 Å². The van der Waals surface area contributed by atoms with Crippen molar-refractivity contribution in [3.63, 3.8) is 0 Å². The van der Waals surface area contributed by atoms with Crippen LogP contribution in [0.25, 0.3) is 0 Å². The lowest BCUT2D eigenvalue weighted by atomic mass is 10.1. The van der Waals surface area contributed by atoms with Crippen molar-refractivity contribution in [2.75, 3.05) is 5.75 Å². The Labute approximate surface area is 128 Å². The summed E-state index contributed by atoms with van der Waals surface area (Å²) in [4.78, 5) is 1.23. The van der Waals surface area contributed by atoms with Gasteiger partial charge >= 0.3 is 0 Å². The van der Waals surface area contributed by atoms with E-state index in [2.05, 4.69) is 12.1 Å². The van der Waals surface area contributed by atoms with Gasteiger partial charge in [-0.15, -0.1) is 11.8 Å². The van der Waals surface area contributed by atoms with Crippen molar-refractivity contribution < 1.29 is 0 Å². The van der Waals surface area contributed by atoms with Gasteiger partial charge in [0.15, 0.2) is 0 Å². The first-order valence-electron chi connectivity index (χ1n) is 6.02. The van der Waals surface area contributed by atoms with Crippen LogP contribution in [0.2, 0.25) is 10.0 Å². The highest BCUT2D eigenvalue weighted by atomic mass is 35.5. The van der Waals surface area contributed by atoms with Crippen molar-refractivity contribution in [1.82, 2.24) is 0 Å². The second-order valence-electron chi connectivity index (χ2n) is 4.32. The van der Waals surface area contributed by atoms with Crippen molar-refractivity contribution in [3.8, 4) is 0 Å². The summed E-state index contributed by atoms with van der Waals surface area (Å²) in [6.07, 6.45) is 0.735. The molecule has 0 fully saturated rings. The van der Waals surface area contributed by atoms with E-state index in [-0.39, 0.29) is 6.04 Å². The molecule has 0 spiro atoms. The molecule has 19 heavy (non-hydrogen) atoms. The Hall–Kier alpha value is -0.670. The third kappa shape index (κ3) is 4.73. The molecule has 0 aliphatic carbocycles. The van der Waals surface area contributed by atoms with E-state index >= 15 is 0 Å². The monoisotopic (exact) mass is 311 g/mol. The molecular formula is C15H15Cl2NS. The van der Waals surface area contributed by atoms with Crippen LogP contribution in [0.5, 0.6) is 0 Å². The molecule has 0 aromatic heterocycles. The molecule has 0 aliphatic heterocycles. The summed E-state index contributed by atoms with van der Waals surface area (Å²) < 4.78 is 0. The van der Waals surface area contributed by atoms with Gasteiger partial charge in [-0.1, -0.05) is 41.4 Å². The number of benzene rings is 2. The van der Waals surface area contributed by atoms with E-state index in [4.69, 9.17) is 28.9 Å². The Morgan fingerprint density at radius 3 is 2.53 bits per heavy atom. The average molecular weight is 312 g/mol. The minimum atomic E-state index is 0.0566. The third-order valence-corrected chi connectivity index (χ3v) is 4.50. The van der Waals surface area contributed by atoms with Crippen LogP contribution in [0.1, 0.15) is 5.56 Å². The van der Waals surface area contributed by atoms with Crippen LogP contribution in [-0.2, 0) is 6.42 Å². The number of halogens is 2. The molecule has 1 nitrogen and oxygen atoms in total. The van der Waals surface area contributed by atoms with E-state index in [0.717, 1.165) is 22.8 Å². The normalized spacial score (nSPS) is 12.4. The summed E-state index contributed by atoms with van der Waals surface area (Å²) in [7, 11) is 0. The van der Waals surface area contributed by atoms with Gasteiger partial charge in [-0.3, -0.25) is 0 Å². The highest BCUT2D eigenvalue weighted by molar-refractivity contribution is 7.99. The molecule has 0 aliphatic rings. The minimum Gasteiger partial charge on any atom is -0.327 e. The number of hydrogen-bond acceptors (Lipinski definition) is 2. The van der Waals surface area contributed by atoms with E-state index in [9.17, 15) is 0 Å². The Balaban J connectivity index is 1.90.